The van der Waals surface area contributed by atoms with Gasteiger partial charge in [-0.15, -0.1) is 0 Å². The molecular weight excluding hydrogens is 383 g/mol. The summed E-state index contributed by atoms with van der Waals surface area (Å²) >= 11 is 0. The molecule has 2 aromatic carbocycles. The van der Waals surface area contributed by atoms with Crippen LogP contribution in [0.5, 0.6) is 5.75 Å². The normalized spacial score (nSPS) is 22.9. The molecule has 6 heteroatoms. The third kappa shape index (κ3) is 4.99. The number of nitrogens with zero attached hydrogens (tertiary/aromatic N) is 1. The minimum absolute atomic E-state index is 0.000404. The second-order valence-electron chi connectivity index (χ2n) is 8.11. The number of hydrogen-bond donors (Lipinski definition) is 1. The van der Waals surface area contributed by atoms with Crippen molar-refractivity contribution >= 4 is 5.91 Å². The van der Waals surface area contributed by atoms with Gasteiger partial charge in [-0.05, 0) is 61.2 Å². The molecule has 1 fully saturated rings. The van der Waals surface area contributed by atoms with Gasteiger partial charge in [0.15, 0.2) is 0 Å². The highest BCUT2D eigenvalue weighted by atomic mass is 19.1. The van der Waals surface area contributed by atoms with Crippen molar-refractivity contribution in [3.63, 3.8) is 0 Å². The van der Waals surface area contributed by atoms with E-state index in [1.54, 1.807) is 19.1 Å². The molecule has 0 radical (unpaired) electrons. The average Bonchev–Trinajstić information content (AvgIpc) is 2.75. The standard InChI is InChI=1S/C24H29FN2O3/c1-17-4-5-19(14-22(17)25)18-6-7-23-21(13-18)16-27-9-2-3-20(15-27)24(28)26-8-10-29-11-12-30-23/h4-7,13-14,20H,2-3,8-12,15-16H2,1H3,(H,26,28). The summed E-state index contributed by atoms with van der Waals surface area (Å²) in [6.07, 6.45) is 1.91. The van der Waals surface area contributed by atoms with Crippen molar-refractivity contribution in [2.24, 2.45) is 5.92 Å². The van der Waals surface area contributed by atoms with Gasteiger partial charge in [0.25, 0.3) is 0 Å². The molecule has 1 N–H and O–H groups in total. The zero-order valence-corrected chi connectivity index (χ0v) is 17.5. The lowest BCUT2D eigenvalue weighted by Crippen LogP contribution is -2.43. The Labute approximate surface area is 177 Å². The van der Waals surface area contributed by atoms with E-state index in [0.29, 0.717) is 38.5 Å². The highest BCUT2D eigenvalue weighted by Crippen LogP contribution is 2.30. The van der Waals surface area contributed by atoms with Crippen LogP contribution in [0.3, 0.4) is 0 Å². The lowest BCUT2D eigenvalue weighted by Gasteiger charge is -2.32. The zero-order valence-electron chi connectivity index (χ0n) is 17.5. The van der Waals surface area contributed by atoms with Gasteiger partial charge in [-0.25, -0.2) is 4.39 Å². The smallest absolute Gasteiger partial charge is 0.224 e. The number of nitrogens with one attached hydrogen (secondary N) is 1. The van der Waals surface area contributed by atoms with Crippen molar-refractivity contribution in [2.45, 2.75) is 26.3 Å². The fourth-order valence-electron chi connectivity index (χ4n) is 4.15. The first-order valence-electron chi connectivity index (χ1n) is 10.7. The van der Waals surface area contributed by atoms with Gasteiger partial charge in [0.2, 0.25) is 5.91 Å². The Bertz CT molecular complexity index is 902. The van der Waals surface area contributed by atoms with Gasteiger partial charge in [-0.2, -0.15) is 0 Å². The van der Waals surface area contributed by atoms with Crippen LogP contribution in [0.4, 0.5) is 4.39 Å². The summed E-state index contributed by atoms with van der Waals surface area (Å²) in [4.78, 5) is 14.8. The molecule has 0 aliphatic carbocycles. The molecular formula is C24H29FN2O3. The molecule has 2 unspecified atom stereocenters. The number of carbonyl (C=O) groups excluding carboxylic acids is 1. The number of hydrogen-bond acceptors (Lipinski definition) is 4. The highest BCUT2D eigenvalue weighted by molar-refractivity contribution is 5.79. The molecule has 4 rings (SSSR count). The molecule has 0 aromatic heterocycles. The number of ether oxygens (including phenoxy) is 2. The Kier molecular flexibility index (Phi) is 6.65. The second-order valence-corrected chi connectivity index (χ2v) is 8.11. The van der Waals surface area contributed by atoms with Crippen LogP contribution in [0.25, 0.3) is 11.1 Å². The quantitative estimate of drug-likeness (QED) is 0.779. The molecule has 2 aliphatic rings. The first-order chi connectivity index (χ1) is 14.6. The van der Waals surface area contributed by atoms with Gasteiger partial charge in [0, 0.05) is 25.2 Å². The van der Waals surface area contributed by atoms with E-state index in [1.807, 2.05) is 18.2 Å². The van der Waals surface area contributed by atoms with E-state index in [4.69, 9.17) is 9.47 Å². The van der Waals surface area contributed by atoms with E-state index >= 15 is 0 Å². The third-order valence-electron chi connectivity index (χ3n) is 5.87. The number of halogens is 1. The van der Waals surface area contributed by atoms with Crippen molar-refractivity contribution in [3.8, 4) is 16.9 Å². The molecule has 2 atom stereocenters. The zero-order chi connectivity index (χ0) is 20.9. The number of piperidine rings is 1. The lowest BCUT2D eigenvalue weighted by atomic mass is 9.96. The fourth-order valence-corrected chi connectivity index (χ4v) is 4.15. The molecule has 30 heavy (non-hydrogen) atoms. The predicted octanol–water partition coefficient (Wildman–Crippen LogP) is 3.54. The maximum absolute atomic E-state index is 14.1. The van der Waals surface area contributed by atoms with E-state index < -0.39 is 0 Å². The Morgan fingerprint density at radius 1 is 1.10 bits per heavy atom. The van der Waals surface area contributed by atoms with E-state index in [9.17, 15) is 9.18 Å². The molecule has 0 saturated carbocycles. The van der Waals surface area contributed by atoms with E-state index in [1.165, 1.54) is 0 Å². The summed E-state index contributed by atoms with van der Waals surface area (Å²) in [5.74, 6) is 0.727. The van der Waals surface area contributed by atoms with Gasteiger partial charge in [0.05, 0.1) is 19.1 Å². The highest BCUT2D eigenvalue weighted by Gasteiger charge is 2.26. The summed E-state index contributed by atoms with van der Waals surface area (Å²) in [5, 5.41) is 2.98. The van der Waals surface area contributed by atoms with E-state index in [2.05, 4.69) is 16.3 Å². The maximum Gasteiger partial charge on any atom is 0.224 e. The predicted molar refractivity (Wildman–Crippen MR) is 114 cm³/mol. The van der Waals surface area contributed by atoms with Gasteiger partial charge >= 0.3 is 0 Å². The number of benzene rings is 2. The first-order valence-corrected chi connectivity index (χ1v) is 10.7. The Morgan fingerprint density at radius 2 is 1.93 bits per heavy atom. The van der Waals surface area contributed by atoms with Crippen molar-refractivity contribution in [3.05, 3.63) is 53.3 Å². The van der Waals surface area contributed by atoms with Crippen molar-refractivity contribution in [1.29, 1.82) is 0 Å². The van der Waals surface area contributed by atoms with Crippen molar-refractivity contribution in [2.75, 3.05) is 39.5 Å². The molecule has 160 valence electrons. The van der Waals surface area contributed by atoms with Crippen LogP contribution in [-0.4, -0.2) is 50.3 Å². The Balaban J connectivity index is 1.62. The van der Waals surface area contributed by atoms with Gasteiger partial charge in [-0.1, -0.05) is 18.2 Å². The minimum atomic E-state index is -0.203. The molecule has 2 bridgehead atoms. The largest absolute Gasteiger partial charge is 0.491 e. The summed E-state index contributed by atoms with van der Waals surface area (Å²) < 4.78 is 25.7. The van der Waals surface area contributed by atoms with Crippen molar-refractivity contribution < 1.29 is 18.7 Å². The molecule has 2 heterocycles. The molecule has 2 aliphatic heterocycles. The molecule has 5 nitrogen and oxygen atoms in total. The fraction of sp³-hybridized carbons (Fsp3) is 0.458. The first kappa shape index (κ1) is 20.8. The third-order valence-corrected chi connectivity index (χ3v) is 5.87. The van der Waals surface area contributed by atoms with Crippen LogP contribution in [0, 0.1) is 18.7 Å². The summed E-state index contributed by atoms with van der Waals surface area (Å²) in [6.45, 7) is 6.07. The van der Waals surface area contributed by atoms with Crippen LogP contribution in [0.2, 0.25) is 0 Å². The monoisotopic (exact) mass is 412 g/mol. The molecule has 1 saturated heterocycles. The summed E-state index contributed by atoms with van der Waals surface area (Å²) in [5.41, 5.74) is 3.49. The Morgan fingerprint density at radius 3 is 2.80 bits per heavy atom. The topological polar surface area (TPSA) is 50.8 Å². The number of amides is 1. The lowest BCUT2D eigenvalue weighted by molar-refractivity contribution is -0.127. The molecule has 0 spiro atoms. The van der Waals surface area contributed by atoms with Crippen LogP contribution < -0.4 is 10.1 Å². The van der Waals surface area contributed by atoms with Crippen molar-refractivity contribution in [1.82, 2.24) is 10.2 Å². The summed E-state index contributed by atoms with van der Waals surface area (Å²) in [7, 11) is 0. The number of fused-ring (bicyclic) bond motifs is 3. The van der Waals surface area contributed by atoms with E-state index in [0.717, 1.165) is 48.4 Å². The van der Waals surface area contributed by atoms with Crippen LogP contribution in [-0.2, 0) is 16.1 Å². The van der Waals surface area contributed by atoms with Crippen LogP contribution >= 0.6 is 0 Å². The van der Waals surface area contributed by atoms with Crippen LogP contribution in [0.1, 0.15) is 24.0 Å². The van der Waals surface area contributed by atoms with E-state index in [-0.39, 0.29) is 17.6 Å². The average molecular weight is 413 g/mol. The van der Waals surface area contributed by atoms with Gasteiger partial charge in [0.1, 0.15) is 18.2 Å². The number of carbonyl (C=O) groups is 1. The SMILES string of the molecule is Cc1ccc(-c2ccc3c(c2)CN2CCCC(C2)C(=O)NCCOCCO3)cc1F. The number of rotatable bonds is 1. The second kappa shape index (κ2) is 9.58. The number of aryl methyl sites for hydroxylation is 1. The molecule has 2 aromatic rings. The summed E-state index contributed by atoms with van der Waals surface area (Å²) in [6, 6.07) is 11.3. The molecule has 1 amide bonds. The minimum Gasteiger partial charge on any atom is -0.491 e. The van der Waals surface area contributed by atoms with Gasteiger partial charge < -0.3 is 14.8 Å². The Hall–Kier alpha value is -2.44. The van der Waals surface area contributed by atoms with Gasteiger partial charge in [-0.3, -0.25) is 9.69 Å². The maximum atomic E-state index is 14.1. The van der Waals surface area contributed by atoms with Crippen LogP contribution in [0.15, 0.2) is 36.4 Å².